The summed E-state index contributed by atoms with van der Waals surface area (Å²) in [5, 5.41) is 10.1. The van der Waals surface area contributed by atoms with Crippen molar-refractivity contribution in [2.24, 2.45) is 0 Å². The third-order valence-electron chi connectivity index (χ3n) is 2.45. The molecule has 1 aromatic carbocycles. The number of hydrogen-bond donors (Lipinski definition) is 2. The topological polar surface area (TPSA) is 79.4 Å². The van der Waals surface area contributed by atoms with Gasteiger partial charge in [0.05, 0.1) is 12.2 Å². The molecule has 2 rings (SSSR count). The van der Waals surface area contributed by atoms with Crippen LogP contribution in [0.3, 0.4) is 0 Å². The Morgan fingerprint density at radius 1 is 1.44 bits per heavy atom. The van der Waals surface area contributed by atoms with E-state index in [9.17, 15) is 14.7 Å². The van der Waals surface area contributed by atoms with Crippen molar-refractivity contribution in [3.05, 3.63) is 34.5 Å². The first-order valence-corrected chi connectivity index (χ1v) is 5.64. The molecular formula is C12H10ClNO4. The van der Waals surface area contributed by atoms with Crippen molar-refractivity contribution in [2.45, 2.75) is 6.92 Å². The van der Waals surface area contributed by atoms with Gasteiger partial charge in [0.1, 0.15) is 5.69 Å². The van der Waals surface area contributed by atoms with Gasteiger partial charge in [-0.1, -0.05) is 17.7 Å². The van der Waals surface area contributed by atoms with E-state index < -0.39 is 11.9 Å². The molecule has 0 radical (unpaired) electrons. The van der Waals surface area contributed by atoms with Crippen LogP contribution >= 0.6 is 11.6 Å². The Bertz CT molecular complexity index is 632. The fourth-order valence-corrected chi connectivity index (χ4v) is 1.92. The lowest BCUT2D eigenvalue weighted by molar-refractivity contribution is 0.0509. The zero-order valence-corrected chi connectivity index (χ0v) is 10.2. The van der Waals surface area contributed by atoms with Crippen LogP contribution in [0.15, 0.2) is 18.2 Å². The SMILES string of the molecule is CCOC(=O)c1[nH]c2cc(Cl)ccc2c1C(=O)O. The number of carboxylic acid groups (broad SMARTS) is 1. The van der Waals surface area contributed by atoms with E-state index in [4.69, 9.17) is 16.3 Å². The molecule has 94 valence electrons. The molecule has 0 aliphatic heterocycles. The van der Waals surface area contributed by atoms with E-state index in [2.05, 4.69) is 4.98 Å². The lowest BCUT2D eigenvalue weighted by atomic mass is 10.1. The summed E-state index contributed by atoms with van der Waals surface area (Å²) in [6, 6.07) is 4.69. The molecule has 2 N–H and O–H groups in total. The first kappa shape index (κ1) is 12.4. The maximum Gasteiger partial charge on any atom is 0.355 e. The van der Waals surface area contributed by atoms with Gasteiger partial charge in [-0.15, -0.1) is 0 Å². The number of carbonyl (C=O) groups is 2. The van der Waals surface area contributed by atoms with Crippen molar-refractivity contribution in [3.8, 4) is 0 Å². The van der Waals surface area contributed by atoms with Gasteiger partial charge >= 0.3 is 11.9 Å². The second kappa shape index (κ2) is 4.70. The van der Waals surface area contributed by atoms with Crippen LogP contribution in [-0.4, -0.2) is 28.6 Å². The predicted molar refractivity (Wildman–Crippen MR) is 66.2 cm³/mol. The zero-order chi connectivity index (χ0) is 13.3. The molecule has 0 unspecified atom stereocenters. The summed E-state index contributed by atoms with van der Waals surface area (Å²) in [6.45, 7) is 1.83. The van der Waals surface area contributed by atoms with Crippen LogP contribution < -0.4 is 0 Å². The largest absolute Gasteiger partial charge is 0.478 e. The summed E-state index contributed by atoms with van der Waals surface area (Å²) in [5.41, 5.74) is 0.324. The number of nitrogens with one attached hydrogen (secondary N) is 1. The number of ether oxygens (including phenoxy) is 1. The first-order chi connectivity index (χ1) is 8.54. The van der Waals surface area contributed by atoms with Gasteiger partial charge in [-0.3, -0.25) is 0 Å². The number of rotatable bonds is 3. The standard InChI is InChI=1S/C12H10ClNO4/c1-2-18-12(17)10-9(11(15)16)7-4-3-6(13)5-8(7)14-10/h3-5,14H,2H2,1H3,(H,15,16). The van der Waals surface area contributed by atoms with Gasteiger partial charge in [-0.2, -0.15) is 0 Å². The van der Waals surface area contributed by atoms with Crippen LogP contribution in [-0.2, 0) is 4.74 Å². The highest BCUT2D eigenvalue weighted by Gasteiger charge is 2.23. The molecule has 0 saturated heterocycles. The maximum atomic E-state index is 11.7. The summed E-state index contributed by atoms with van der Waals surface area (Å²) in [6.07, 6.45) is 0. The third-order valence-corrected chi connectivity index (χ3v) is 2.69. The molecule has 0 atom stereocenters. The van der Waals surface area contributed by atoms with Crippen molar-refractivity contribution in [1.29, 1.82) is 0 Å². The minimum atomic E-state index is -1.19. The number of fused-ring (bicyclic) bond motifs is 1. The molecule has 0 fully saturated rings. The Morgan fingerprint density at radius 2 is 2.17 bits per heavy atom. The van der Waals surface area contributed by atoms with E-state index in [1.54, 1.807) is 25.1 Å². The van der Waals surface area contributed by atoms with E-state index in [1.165, 1.54) is 0 Å². The van der Waals surface area contributed by atoms with E-state index in [1.807, 2.05) is 0 Å². The molecule has 5 nitrogen and oxygen atoms in total. The van der Waals surface area contributed by atoms with Crippen molar-refractivity contribution >= 4 is 34.4 Å². The van der Waals surface area contributed by atoms with Crippen molar-refractivity contribution in [2.75, 3.05) is 6.61 Å². The van der Waals surface area contributed by atoms with E-state index in [0.29, 0.717) is 15.9 Å². The van der Waals surface area contributed by atoms with Crippen LogP contribution in [0.25, 0.3) is 10.9 Å². The second-order valence-corrected chi connectivity index (χ2v) is 4.03. The average Bonchev–Trinajstić information content (AvgIpc) is 2.67. The molecule has 18 heavy (non-hydrogen) atoms. The quantitative estimate of drug-likeness (QED) is 0.838. The summed E-state index contributed by atoms with van der Waals surface area (Å²) in [7, 11) is 0. The Balaban J connectivity index is 2.68. The summed E-state index contributed by atoms with van der Waals surface area (Å²) in [5.74, 6) is -1.88. The van der Waals surface area contributed by atoms with Crippen molar-refractivity contribution in [1.82, 2.24) is 4.98 Å². The Morgan fingerprint density at radius 3 is 2.78 bits per heavy atom. The number of aromatic amines is 1. The Kier molecular flexibility index (Phi) is 3.25. The number of carbonyl (C=O) groups excluding carboxylic acids is 1. The molecule has 6 heteroatoms. The van der Waals surface area contributed by atoms with Crippen LogP contribution in [0.4, 0.5) is 0 Å². The smallest absolute Gasteiger partial charge is 0.355 e. The number of aromatic nitrogens is 1. The summed E-state index contributed by atoms with van der Waals surface area (Å²) >= 11 is 5.82. The molecule has 1 aromatic heterocycles. The summed E-state index contributed by atoms with van der Waals surface area (Å²) < 4.78 is 4.81. The lowest BCUT2D eigenvalue weighted by Gasteiger charge is -2.00. The van der Waals surface area contributed by atoms with Crippen molar-refractivity contribution < 1.29 is 19.4 Å². The van der Waals surface area contributed by atoms with Crippen LogP contribution in [0, 0.1) is 0 Å². The number of hydrogen-bond acceptors (Lipinski definition) is 3. The molecule has 0 aliphatic rings. The number of aromatic carboxylic acids is 1. The maximum absolute atomic E-state index is 11.7. The molecular weight excluding hydrogens is 258 g/mol. The normalized spacial score (nSPS) is 10.6. The average molecular weight is 268 g/mol. The fourth-order valence-electron chi connectivity index (χ4n) is 1.75. The second-order valence-electron chi connectivity index (χ2n) is 3.59. The van der Waals surface area contributed by atoms with Gasteiger partial charge in [0.15, 0.2) is 0 Å². The van der Waals surface area contributed by atoms with Gasteiger partial charge in [0.25, 0.3) is 0 Å². The van der Waals surface area contributed by atoms with Crippen LogP contribution in [0.2, 0.25) is 5.02 Å². The minimum Gasteiger partial charge on any atom is -0.478 e. The van der Waals surface area contributed by atoms with Gasteiger partial charge in [-0.25, -0.2) is 9.59 Å². The lowest BCUT2D eigenvalue weighted by Crippen LogP contribution is -2.10. The number of carboxylic acids is 1. The molecule has 1 heterocycles. The number of halogens is 1. The summed E-state index contributed by atoms with van der Waals surface area (Å²) in [4.78, 5) is 25.6. The van der Waals surface area contributed by atoms with Gasteiger partial charge in [0.2, 0.25) is 0 Å². The fraction of sp³-hybridized carbons (Fsp3) is 0.167. The molecule has 0 saturated carbocycles. The molecule has 0 bridgehead atoms. The molecule has 0 amide bonds. The van der Waals surface area contributed by atoms with Gasteiger partial charge in [-0.05, 0) is 19.1 Å². The van der Waals surface area contributed by atoms with Gasteiger partial charge < -0.3 is 14.8 Å². The monoisotopic (exact) mass is 267 g/mol. The number of benzene rings is 1. The number of H-pyrrole nitrogens is 1. The highest BCUT2D eigenvalue weighted by atomic mass is 35.5. The Hall–Kier alpha value is -2.01. The van der Waals surface area contributed by atoms with Crippen LogP contribution in [0.1, 0.15) is 27.8 Å². The van der Waals surface area contributed by atoms with E-state index >= 15 is 0 Å². The first-order valence-electron chi connectivity index (χ1n) is 5.26. The van der Waals surface area contributed by atoms with E-state index in [0.717, 1.165) is 0 Å². The molecule has 2 aromatic rings. The van der Waals surface area contributed by atoms with E-state index in [-0.39, 0.29) is 17.9 Å². The predicted octanol–water partition coefficient (Wildman–Crippen LogP) is 2.70. The van der Waals surface area contributed by atoms with Gasteiger partial charge in [0, 0.05) is 15.9 Å². The third kappa shape index (κ3) is 2.04. The van der Waals surface area contributed by atoms with Crippen molar-refractivity contribution in [3.63, 3.8) is 0 Å². The van der Waals surface area contributed by atoms with Crippen LogP contribution in [0.5, 0.6) is 0 Å². The highest BCUT2D eigenvalue weighted by Crippen LogP contribution is 2.25. The minimum absolute atomic E-state index is 0.0679. The zero-order valence-electron chi connectivity index (χ0n) is 9.49. The number of esters is 1. The molecule has 0 spiro atoms. The Labute approximate surface area is 107 Å². The highest BCUT2D eigenvalue weighted by molar-refractivity contribution is 6.31. The molecule has 0 aliphatic carbocycles.